The van der Waals surface area contributed by atoms with Gasteiger partial charge in [0.15, 0.2) is 0 Å². The van der Waals surface area contributed by atoms with Gasteiger partial charge < -0.3 is 66.1 Å². The summed E-state index contributed by atoms with van der Waals surface area (Å²) in [6.45, 7) is 39.2. The third-order valence-corrected chi connectivity index (χ3v) is 19.3. The third-order valence-electron chi connectivity index (χ3n) is 17.0. The summed E-state index contributed by atoms with van der Waals surface area (Å²) < 4.78 is 37.1. The molecule has 5 aromatic heterocycles. The van der Waals surface area contributed by atoms with Crippen LogP contribution in [0.5, 0.6) is 5.75 Å². The van der Waals surface area contributed by atoms with Crippen LogP contribution >= 0.6 is 91.9 Å². The monoisotopic (exact) mass is 1860 g/mol. The summed E-state index contributed by atoms with van der Waals surface area (Å²) in [6.07, 6.45) is 2.93. The Kier molecular flexibility index (Phi) is 45.7. The summed E-state index contributed by atoms with van der Waals surface area (Å²) in [5, 5.41) is 18.2. The molecule has 10 aromatic rings. The molecule has 13 rings (SSSR count). The van der Waals surface area contributed by atoms with Crippen molar-refractivity contribution in [1.29, 1.82) is 0 Å². The molecule has 2 amide bonds. The number of aromatic nitrogens is 10. The summed E-state index contributed by atoms with van der Waals surface area (Å²) in [6, 6.07) is 47.6. The first-order chi connectivity index (χ1) is 58.3. The number of methoxy groups -OCH3 is 1. The lowest BCUT2D eigenvalue weighted by molar-refractivity contribution is 0.0223. The van der Waals surface area contributed by atoms with Crippen LogP contribution in [0.3, 0.4) is 0 Å². The van der Waals surface area contributed by atoms with Gasteiger partial charge in [-0.2, -0.15) is 9.97 Å². The highest BCUT2D eigenvalue weighted by Crippen LogP contribution is 2.26. The number of ether oxygens (including phenoxy) is 3. The van der Waals surface area contributed by atoms with Crippen LogP contribution in [0.4, 0.5) is 61.7 Å². The average molecular weight is 1870 g/mol. The van der Waals surface area contributed by atoms with Crippen LogP contribution in [0, 0.1) is 34.6 Å². The largest absolute Gasteiger partial charge is 0.497 e. The van der Waals surface area contributed by atoms with Crippen LogP contribution in [-0.2, 0) is 44.2 Å². The Morgan fingerprint density at radius 3 is 1.10 bits per heavy atom. The van der Waals surface area contributed by atoms with Crippen molar-refractivity contribution in [3.8, 4) is 5.75 Å². The number of alkyl halides is 2. The van der Waals surface area contributed by atoms with Crippen molar-refractivity contribution in [2.45, 2.75) is 146 Å². The average Bonchev–Trinajstić information content (AvgIpc) is 0.827. The van der Waals surface area contributed by atoms with Crippen LogP contribution in [0.1, 0.15) is 120 Å². The second kappa shape index (κ2) is 53.9. The molecule has 3 fully saturated rings. The Bertz CT molecular complexity index is 4840. The number of nitrogen functional groups attached to an aromatic ring is 1. The standard InChI is InChI=1S/C22H31N5O2.C17H23N5.C13H14ClN3.C9H18N2O2.C7H7ClO3S.C7H9N.C6H6Cl2N2.C5H4Cl2N2.CH2Cl2/c1-6-17-15-19(23-18-9-7-16(2)8-10-18)25-20(24-17)26-11-13-27(14-12-26)21(28)29-22(3,4)5;1-3-14-12-16(19-15-6-4-13(2)5-7-15)21-17(20-14)22-10-8-18-9-11-22;1-3-10-8-12(17-13(14)16-10)15-11-6-4-9(2)5-7-11;1-9(2,3)13-8(12)11-6-4-10-5-7-11;1-11-6-2-4-7(5-3-6)12(8,9)10;1-6-2-4-7(8)5-3-6;1-2-4-3-5(7)10-6(8)9-4;1-3-2-4(6)9-5(7)8-3;2-1-3/h7-10,15H,6,11-14H2,1-5H3,(H,23,24,25);4-7,12,18H,3,8-11H2,1-2H3,(H,19,20,21);4-8H,3H2,1-2H3,(H,15,16,17);10H,4-7H2,1-3H3;2-5H,1H3;2-5H,8H2,1H3;3H,2H2,1H3;2H,1H3;1H2. The maximum Gasteiger partial charge on any atom is 0.410 e. The fraction of sp³-hybridized carbons (Fsp3) is 0.402. The predicted molar refractivity (Wildman–Crippen MR) is 505 cm³/mol. The van der Waals surface area contributed by atoms with E-state index in [-0.39, 0.29) is 43.9 Å². The Labute approximate surface area is 764 Å². The van der Waals surface area contributed by atoms with Gasteiger partial charge in [0.2, 0.25) is 27.7 Å². The van der Waals surface area contributed by atoms with Gasteiger partial charge in [-0.3, -0.25) is 0 Å². The molecule has 8 heterocycles. The summed E-state index contributed by atoms with van der Waals surface area (Å²) in [4.78, 5) is 73.8. The van der Waals surface area contributed by atoms with Crippen LogP contribution in [0.2, 0.25) is 26.2 Å². The van der Waals surface area contributed by atoms with Gasteiger partial charge in [0.05, 0.1) is 17.3 Å². The minimum Gasteiger partial charge on any atom is -0.497 e. The molecule has 0 unspecified atom stereocenters. The van der Waals surface area contributed by atoms with Crippen molar-refractivity contribution in [3.63, 3.8) is 0 Å². The van der Waals surface area contributed by atoms with E-state index < -0.39 is 14.7 Å². The zero-order valence-corrected chi connectivity index (χ0v) is 79.4. The van der Waals surface area contributed by atoms with Crippen LogP contribution in [0.15, 0.2) is 157 Å². The van der Waals surface area contributed by atoms with Gasteiger partial charge in [0, 0.05) is 159 Å². The van der Waals surface area contributed by atoms with Crippen molar-refractivity contribution in [1.82, 2.24) is 70.3 Å². The SMILES string of the molecule is CC(C)(C)OC(=O)N1CCNCC1.CCc1cc(Cl)nc(Cl)n1.CCc1cc(Nc2ccc(C)cc2)nc(Cl)n1.CCc1cc(Nc2ccc(C)cc2)nc(N2CCN(C(=O)OC(C)(C)C)CC2)n1.CCc1cc(Nc2ccc(C)cc2)nc(N2CCNCC2)n1.COc1ccc(S(=O)(=O)Cl)cc1.Cc1cc(Cl)nc(Cl)n1.Cc1ccc(N)cc1.ClCCl. The van der Waals surface area contributed by atoms with Crippen molar-refractivity contribution in [2.24, 2.45) is 0 Å². The molecule has 27 nitrogen and oxygen atoms in total. The fourth-order valence-corrected chi connectivity index (χ4v) is 12.6. The Hall–Kier alpha value is -9.17. The van der Waals surface area contributed by atoms with Crippen LogP contribution in [-0.4, -0.2) is 182 Å². The van der Waals surface area contributed by atoms with E-state index in [4.69, 9.17) is 127 Å². The molecule has 0 atom stereocenters. The van der Waals surface area contributed by atoms with Crippen molar-refractivity contribution >= 4 is 165 Å². The number of nitrogens with one attached hydrogen (secondary N) is 5. The third kappa shape index (κ3) is 42.4. The van der Waals surface area contributed by atoms with Crippen molar-refractivity contribution < 1.29 is 32.2 Å². The van der Waals surface area contributed by atoms with Crippen molar-refractivity contribution in [2.75, 3.05) is 122 Å². The number of aryl methyl sites for hydroxylation is 9. The maximum absolute atomic E-state index is 12.3. The predicted octanol–water partition coefficient (Wildman–Crippen LogP) is 20.3. The molecule has 0 saturated carbocycles. The molecule has 0 aliphatic carbocycles. The first-order valence-electron chi connectivity index (χ1n) is 39.8. The zero-order chi connectivity index (χ0) is 90.8. The van der Waals surface area contributed by atoms with Gasteiger partial charge in [-0.1, -0.05) is 122 Å². The summed E-state index contributed by atoms with van der Waals surface area (Å²) in [5.74, 6) is 4.50. The number of halogens is 8. The lowest BCUT2D eigenvalue weighted by Crippen LogP contribution is -2.50. The number of carbonyl (C=O) groups is 2. The molecule has 5 aromatic carbocycles. The highest BCUT2D eigenvalue weighted by molar-refractivity contribution is 8.13. The number of nitrogens with two attached hydrogens (primary N) is 1. The molecule has 3 aliphatic heterocycles. The van der Waals surface area contributed by atoms with Gasteiger partial charge in [-0.15, -0.1) is 23.2 Å². The molecule has 666 valence electrons. The number of benzene rings is 5. The minimum absolute atomic E-state index is 0.0740. The number of carbonyl (C=O) groups excluding carboxylic acids is 2. The second-order valence-electron chi connectivity index (χ2n) is 29.6. The lowest BCUT2D eigenvalue weighted by atomic mass is 10.2. The summed E-state index contributed by atoms with van der Waals surface area (Å²) in [7, 11) is 2.98. The van der Waals surface area contributed by atoms with E-state index in [0.29, 0.717) is 48.2 Å². The summed E-state index contributed by atoms with van der Waals surface area (Å²) >= 11 is 37.5. The minimum atomic E-state index is -3.61. The molecule has 3 aliphatic rings. The Balaban J connectivity index is 0.000000258. The molecule has 123 heavy (non-hydrogen) atoms. The Morgan fingerprint density at radius 1 is 0.431 bits per heavy atom. The normalized spacial score (nSPS) is 12.8. The molecule has 0 radical (unpaired) electrons. The molecular weight excluding hydrogens is 1750 g/mol. The van der Waals surface area contributed by atoms with E-state index in [9.17, 15) is 18.0 Å². The van der Waals surface area contributed by atoms with E-state index in [0.717, 1.165) is 153 Å². The molecular formula is C87H114Cl8N20O7S. The van der Waals surface area contributed by atoms with E-state index in [1.54, 1.807) is 28.9 Å². The fourth-order valence-electron chi connectivity index (χ4n) is 10.7. The first kappa shape index (κ1) is 104. The molecule has 7 N–H and O–H groups in total. The number of hydrogen-bond acceptors (Lipinski definition) is 25. The summed E-state index contributed by atoms with van der Waals surface area (Å²) in [5.41, 5.74) is 18.0. The second-order valence-corrected chi connectivity index (χ2v) is 34.7. The topological polar surface area (TPSA) is 324 Å². The molecule has 0 spiro atoms. The highest BCUT2D eigenvalue weighted by atomic mass is 35.7. The van der Waals surface area contributed by atoms with Crippen molar-refractivity contribution in [3.05, 3.63) is 229 Å². The molecule has 0 bridgehead atoms. The van der Waals surface area contributed by atoms with Gasteiger partial charge in [-0.25, -0.2) is 57.9 Å². The van der Waals surface area contributed by atoms with Gasteiger partial charge >= 0.3 is 12.2 Å². The number of amides is 2. The Morgan fingerprint density at radius 2 is 0.756 bits per heavy atom. The van der Waals surface area contributed by atoms with E-state index in [1.807, 2.05) is 141 Å². The first-order valence-corrected chi connectivity index (χ1v) is 45.1. The zero-order valence-electron chi connectivity index (χ0n) is 72.6. The van der Waals surface area contributed by atoms with E-state index in [2.05, 4.69) is 142 Å². The number of piperazine rings is 3. The highest BCUT2D eigenvalue weighted by Gasteiger charge is 2.28. The van der Waals surface area contributed by atoms with Crippen LogP contribution < -0.4 is 46.9 Å². The van der Waals surface area contributed by atoms with Gasteiger partial charge in [-0.05, 0) is 222 Å². The molecule has 3 saturated heterocycles. The lowest BCUT2D eigenvalue weighted by Gasteiger charge is -2.35. The maximum atomic E-state index is 12.3. The number of anilines is 9. The smallest absolute Gasteiger partial charge is 0.410 e. The van der Waals surface area contributed by atoms with Gasteiger partial charge in [0.25, 0.3) is 9.05 Å². The number of nitrogens with zero attached hydrogens (tertiary/aromatic N) is 14. The van der Waals surface area contributed by atoms with E-state index in [1.165, 1.54) is 53.6 Å². The van der Waals surface area contributed by atoms with E-state index >= 15 is 0 Å². The quantitative estimate of drug-likeness (QED) is 0.0194. The number of rotatable bonds is 14. The molecule has 36 heteroatoms. The van der Waals surface area contributed by atoms with Gasteiger partial charge in [0.1, 0.15) is 44.7 Å². The number of hydrogen-bond donors (Lipinski definition) is 6. The van der Waals surface area contributed by atoms with Crippen LogP contribution in [0.25, 0.3) is 0 Å².